The van der Waals surface area contributed by atoms with Crippen LogP contribution < -0.4 is 15.5 Å². The second-order valence-electron chi connectivity index (χ2n) is 9.65. The van der Waals surface area contributed by atoms with E-state index < -0.39 is 0 Å². The van der Waals surface area contributed by atoms with E-state index in [2.05, 4.69) is 22.5 Å². The van der Waals surface area contributed by atoms with E-state index in [4.69, 9.17) is 14.7 Å². The number of aliphatic hydroxyl groups excluding tert-OH is 1. The summed E-state index contributed by atoms with van der Waals surface area (Å²) in [6, 6.07) is 7.75. The molecule has 0 unspecified atom stereocenters. The molecule has 10 heteroatoms. The summed E-state index contributed by atoms with van der Waals surface area (Å²) < 4.78 is 8.03. The molecule has 4 heterocycles. The number of ether oxygens (including phenoxy) is 1. The number of hydrogen-bond acceptors (Lipinski definition) is 8. The van der Waals surface area contributed by atoms with Gasteiger partial charge in [-0.05, 0) is 37.5 Å². The van der Waals surface area contributed by atoms with E-state index in [-0.39, 0.29) is 23.5 Å². The third-order valence-electron chi connectivity index (χ3n) is 6.79. The van der Waals surface area contributed by atoms with Gasteiger partial charge < -0.3 is 29.9 Å². The quantitative estimate of drug-likeness (QED) is 0.441. The molecule has 0 radical (unpaired) electrons. The Morgan fingerprint density at radius 1 is 1.32 bits per heavy atom. The smallest absolute Gasteiger partial charge is 0.229 e. The van der Waals surface area contributed by atoms with Crippen LogP contribution in [-0.2, 0) is 22.6 Å². The minimum atomic E-state index is -0.246. The van der Waals surface area contributed by atoms with Crippen molar-refractivity contribution in [1.82, 2.24) is 19.5 Å². The van der Waals surface area contributed by atoms with Crippen LogP contribution in [0.5, 0.6) is 0 Å². The van der Waals surface area contributed by atoms with Crippen LogP contribution >= 0.6 is 0 Å². The highest BCUT2D eigenvalue weighted by atomic mass is 16.5. The number of rotatable bonds is 9. The lowest BCUT2D eigenvalue weighted by Gasteiger charge is -2.43. The van der Waals surface area contributed by atoms with Crippen LogP contribution in [0.15, 0.2) is 30.6 Å². The third kappa shape index (κ3) is 4.07. The Bertz CT molecular complexity index is 1220. The average molecular weight is 466 g/mol. The zero-order valence-electron chi connectivity index (χ0n) is 19.8. The monoisotopic (exact) mass is 465 g/mol. The zero-order chi connectivity index (χ0) is 23.9. The van der Waals surface area contributed by atoms with Crippen LogP contribution in [0.4, 0.5) is 17.5 Å². The number of nitrogens with zero attached hydrogens (tertiary/aromatic N) is 5. The number of amides is 1. The van der Waals surface area contributed by atoms with Crippen LogP contribution in [-0.4, -0.2) is 62.9 Å². The topological polar surface area (TPSA) is 117 Å². The van der Waals surface area contributed by atoms with Crippen LogP contribution in [0.3, 0.4) is 0 Å². The van der Waals surface area contributed by atoms with E-state index in [9.17, 15) is 9.90 Å². The molecule has 3 aromatic rings. The standard InChI is InChI=1S/C24H31N7O3/c1-4-31-15-26-19-20(25-12-24-10-23(11-24,13-32)14-34-24)28-22(29-21(19)31)30(3)9-17-6-5-7-18(8-17)27-16(2)33/h5-8,15,32H,4,9-14H2,1-3H3,(H,27,33)(H,25,28,29). The molecule has 1 aliphatic carbocycles. The highest BCUT2D eigenvalue weighted by Gasteiger charge is 2.61. The van der Waals surface area contributed by atoms with E-state index in [1.165, 1.54) is 6.92 Å². The minimum absolute atomic E-state index is 0.0659. The van der Waals surface area contributed by atoms with E-state index in [1.54, 1.807) is 6.33 Å². The van der Waals surface area contributed by atoms with Crippen molar-refractivity contribution in [3.63, 3.8) is 0 Å². The molecule has 6 rings (SSSR count). The van der Waals surface area contributed by atoms with Crippen molar-refractivity contribution in [2.75, 3.05) is 42.3 Å². The number of anilines is 3. The van der Waals surface area contributed by atoms with Gasteiger partial charge in [-0.2, -0.15) is 9.97 Å². The average Bonchev–Trinajstić information content (AvgIpc) is 3.48. The molecular formula is C24H31N7O3. The van der Waals surface area contributed by atoms with E-state index in [0.29, 0.717) is 31.5 Å². The molecular weight excluding hydrogens is 434 g/mol. The lowest BCUT2D eigenvalue weighted by Crippen LogP contribution is -2.50. The second kappa shape index (κ2) is 8.52. The number of benzene rings is 1. The van der Waals surface area contributed by atoms with Crippen LogP contribution in [0.1, 0.15) is 32.3 Å². The fourth-order valence-corrected chi connectivity index (χ4v) is 5.16. The third-order valence-corrected chi connectivity index (χ3v) is 6.79. The summed E-state index contributed by atoms with van der Waals surface area (Å²) in [5.41, 5.74) is 2.99. The number of aliphatic hydroxyl groups is 1. The van der Waals surface area contributed by atoms with Crippen molar-refractivity contribution < 1.29 is 14.6 Å². The first kappa shape index (κ1) is 22.5. The molecule has 180 valence electrons. The Balaban J connectivity index is 1.38. The van der Waals surface area contributed by atoms with Gasteiger partial charge in [-0.15, -0.1) is 0 Å². The molecule has 3 fully saturated rings. The normalized spacial score (nSPS) is 23.1. The molecule has 1 saturated carbocycles. The lowest BCUT2D eigenvalue weighted by atomic mass is 9.63. The number of aromatic nitrogens is 4. The van der Waals surface area contributed by atoms with Gasteiger partial charge in [0.2, 0.25) is 11.9 Å². The molecule has 0 atom stereocenters. The summed E-state index contributed by atoms with van der Waals surface area (Å²) in [7, 11) is 1.95. The molecule has 2 aliphatic heterocycles. The Hall–Kier alpha value is -3.24. The summed E-state index contributed by atoms with van der Waals surface area (Å²) in [5.74, 6) is 1.16. The second-order valence-corrected chi connectivity index (χ2v) is 9.65. The number of nitrogens with one attached hydrogen (secondary N) is 2. The number of carbonyl (C=O) groups is 1. The van der Waals surface area contributed by atoms with Crippen molar-refractivity contribution in [2.45, 2.75) is 45.4 Å². The van der Waals surface area contributed by atoms with Crippen LogP contribution in [0.25, 0.3) is 11.2 Å². The molecule has 3 aliphatic rings. The van der Waals surface area contributed by atoms with Gasteiger partial charge in [-0.1, -0.05) is 12.1 Å². The van der Waals surface area contributed by atoms with Gasteiger partial charge in [0.25, 0.3) is 0 Å². The fraction of sp³-hybridized carbons (Fsp3) is 0.500. The maximum absolute atomic E-state index is 11.4. The summed E-state index contributed by atoms with van der Waals surface area (Å²) in [4.78, 5) is 27.6. The van der Waals surface area contributed by atoms with Gasteiger partial charge in [0, 0.05) is 44.7 Å². The van der Waals surface area contributed by atoms with E-state index in [0.717, 1.165) is 41.8 Å². The van der Waals surface area contributed by atoms with Gasteiger partial charge in [0.15, 0.2) is 17.0 Å². The molecule has 10 nitrogen and oxygen atoms in total. The lowest BCUT2D eigenvalue weighted by molar-refractivity contribution is -0.114. The van der Waals surface area contributed by atoms with E-state index >= 15 is 0 Å². The first-order chi connectivity index (χ1) is 16.3. The molecule has 0 spiro atoms. The summed E-state index contributed by atoms with van der Waals surface area (Å²) in [6.07, 6.45) is 3.51. The first-order valence-electron chi connectivity index (χ1n) is 11.6. The van der Waals surface area contributed by atoms with Crippen molar-refractivity contribution in [3.8, 4) is 0 Å². The van der Waals surface area contributed by atoms with Crippen LogP contribution in [0.2, 0.25) is 0 Å². The van der Waals surface area contributed by atoms with Gasteiger partial charge >= 0.3 is 0 Å². The van der Waals surface area contributed by atoms with Crippen molar-refractivity contribution >= 4 is 34.5 Å². The summed E-state index contributed by atoms with van der Waals surface area (Å²) >= 11 is 0. The Morgan fingerprint density at radius 3 is 2.85 bits per heavy atom. The van der Waals surface area contributed by atoms with Crippen LogP contribution in [0, 0.1) is 5.41 Å². The Kier molecular flexibility index (Phi) is 5.65. The molecule has 2 aromatic heterocycles. The summed E-state index contributed by atoms with van der Waals surface area (Å²) in [6.45, 7) is 6.28. The Morgan fingerprint density at radius 2 is 2.15 bits per heavy atom. The van der Waals surface area contributed by atoms with Gasteiger partial charge in [-0.25, -0.2) is 4.98 Å². The number of aryl methyl sites for hydroxylation is 1. The number of imidazole rings is 1. The van der Waals surface area contributed by atoms with Crippen molar-refractivity contribution in [3.05, 3.63) is 36.2 Å². The SMILES string of the molecule is CCn1cnc2c(NCC34CC(CO)(CO3)C4)nc(N(C)Cc3cccc(NC(C)=O)c3)nc21. The number of hydrogen-bond donors (Lipinski definition) is 3. The molecule has 1 aromatic carbocycles. The van der Waals surface area contributed by atoms with Crippen molar-refractivity contribution in [1.29, 1.82) is 0 Å². The molecule has 3 N–H and O–H groups in total. The zero-order valence-corrected chi connectivity index (χ0v) is 19.8. The van der Waals surface area contributed by atoms with Gasteiger partial charge in [0.1, 0.15) is 0 Å². The Labute approximate surface area is 198 Å². The molecule has 2 saturated heterocycles. The first-order valence-corrected chi connectivity index (χ1v) is 11.6. The molecule has 34 heavy (non-hydrogen) atoms. The maximum atomic E-state index is 11.4. The largest absolute Gasteiger partial charge is 0.396 e. The van der Waals surface area contributed by atoms with Gasteiger partial charge in [-0.3, -0.25) is 4.79 Å². The minimum Gasteiger partial charge on any atom is -0.396 e. The molecule has 2 bridgehead atoms. The highest BCUT2D eigenvalue weighted by Crippen LogP contribution is 2.57. The van der Waals surface area contributed by atoms with E-state index in [1.807, 2.05) is 40.8 Å². The van der Waals surface area contributed by atoms with Gasteiger partial charge in [0.05, 0.1) is 25.1 Å². The number of carbonyl (C=O) groups excluding carboxylic acids is 1. The maximum Gasteiger partial charge on any atom is 0.229 e. The predicted octanol–water partition coefficient (Wildman–Crippen LogP) is 2.39. The predicted molar refractivity (Wildman–Crippen MR) is 130 cm³/mol. The molecule has 1 amide bonds. The summed E-state index contributed by atoms with van der Waals surface area (Å²) in [5, 5.41) is 15.9. The highest BCUT2D eigenvalue weighted by molar-refractivity contribution is 5.88. The fourth-order valence-electron chi connectivity index (χ4n) is 5.16. The van der Waals surface area contributed by atoms with Crippen molar-refractivity contribution in [2.24, 2.45) is 5.41 Å². The number of fused-ring (bicyclic) bond motifs is 2.